The number of nitrogens with zero attached hydrogens (tertiary/aromatic N) is 2. The quantitative estimate of drug-likeness (QED) is 0.583. The summed E-state index contributed by atoms with van der Waals surface area (Å²) in [4.78, 5) is 7.72. The van der Waals surface area contributed by atoms with Gasteiger partial charge in [0.1, 0.15) is 11.5 Å². The Kier molecular flexibility index (Phi) is 5.85. The minimum Gasteiger partial charge on any atom is -0.497 e. The molecule has 0 spiro atoms. The summed E-state index contributed by atoms with van der Waals surface area (Å²) in [5.74, 6) is 1.76. The Morgan fingerprint density at radius 3 is 2.31 bits per heavy atom. The summed E-state index contributed by atoms with van der Waals surface area (Å²) >= 11 is 0. The second kappa shape index (κ2) is 8.93. The number of hydrogen-bond acceptors (Lipinski definition) is 5. The molecular weight excluding hydrogens is 400 g/mol. The van der Waals surface area contributed by atoms with Crippen molar-refractivity contribution in [3.63, 3.8) is 0 Å². The largest absolute Gasteiger partial charge is 0.497 e. The van der Waals surface area contributed by atoms with Gasteiger partial charge in [0.2, 0.25) is 0 Å². The van der Waals surface area contributed by atoms with Gasteiger partial charge in [0.25, 0.3) is 0 Å². The summed E-state index contributed by atoms with van der Waals surface area (Å²) in [7, 11) is 3.40. The van der Waals surface area contributed by atoms with Gasteiger partial charge in [0, 0.05) is 43.7 Å². The number of hydrogen-bond donors (Lipinski definition) is 0. The van der Waals surface area contributed by atoms with E-state index in [4.69, 9.17) is 19.2 Å². The molecule has 0 radical (unpaired) electrons. The van der Waals surface area contributed by atoms with E-state index in [1.807, 2.05) is 24.3 Å². The maximum atomic E-state index is 6.10. The molecule has 0 amide bonds. The van der Waals surface area contributed by atoms with Crippen LogP contribution >= 0.6 is 0 Å². The molecule has 0 saturated heterocycles. The SMILES string of the molecule is COc1ccc(CN2CCc3nc(-c4ccc(OC)cc4)c4c(c3C2)CO[C@@H](C)C4)cc1. The monoisotopic (exact) mass is 430 g/mol. The Labute approximate surface area is 190 Å². The van der Waals surface area contributed by atoms with Crippen molar-refractivity contribution in [3.05, 3.63) is 76.5 Å². The van der Waals surface area contributed by atoms with Crippen LogP contribution in [0.3, 0.4) is 0 Å². The lowest BCUT2D eigenvalue weighted by Crippen LogP contribution is -2.33. The van der Waals surface area contributed by atoms with E-state index in [-0.39, 0.29) is 6.10 Å². The third-order valence-corrected chi connectivity index (χ3v) is 6.59. The van der Waals surface area contributed by atoms with E-state index in [0.29, 0.717) is 6.61 Å². The van der Waals surface area contributed by atoms with Gasteiger partial charge in [-0.15, -0.1) is 0 Å². The summed E-state index contributed by atoms with van der Waals surface area (Å²) in [5, 5.41) is 0. The van der Waals surface area contributed by atoms with Crippen LogP contribution in [-0.4, -0.2) is 36.8 Å². The van der Waals surface area contributed by atoms with Gasteiger partial charge in [-0.3, -0.25) is 9.88 Å². The van der Waals surface area contributed by atoms with E-state index in [9.17, 15) is 0 Å². The smallest absolute Gasteiger partial charge is 0.118 e. The Morgan fingerprint density at radius 1 is 0.938 bits per heavy atom. The molecule has 0 fully saturated rings. The molecule has 5 rings (SSSR count). The molecule has 0 bridgehead atoms. The molecular formula is C27H30N2O3. The van der Waals surface area contributed by atoms with Crippen molar-refractivity contribution < 1.29 is 14.2 Å². The predicted octanol–water partition coefficient (Wildman–Crippen LogP) is 4.79. The number of aromatic nitrogens is 1. The van der Waals surface area contributed by atoms with Gasteiger partial charge in [-0.05, 0) is 65.6 Å². The Bertz CT molecular complexity index is 1090. The van der Waals surface area contributed by atoms with E-state index in [0.717, 1.165) is 55.2 Å². The topological polar surface area (TPSA) is 43.8 Å². The summed E-state index contributed by atoms with van der Waals surface area (Å²) < 4.78 is 16.7. The van der Waals surface area contributed by atoms with Crippen LogP contribution in [0.4, 0.5) is 0 Å². The Hall–Kier alpha value is -2.89. The average Bonchev–Trinajstić information content (AvgIpc) is 2.84. The van der Waals surface area contributed by atoms with Crippen molar-refractivity contribution >= 4 is 0 Å². The fourth-order valence-corrected chi connectivity index (χ4v) is 4.81. The van der Waals surface area contributed by atoms with Crippen LogP contribution in [0.15, 0.2) is 48.5 Å². The van der Waals surface area contributed by atoms with Crippen LogP contribution in [0.5, 0.6) is 11.5 Å². The van der Waals surface area contributed by atoms with Crippen LogP contribution < -0.4 is 9.47 Å². The van der Waals surface area contributed by atoms with E-state index in [1.54, 1.807) is 14.2 Å². The van der Waals surface area contributed by atoms with E-state index in [2.05, 4.69) is 36.1 Å². The van der Waals surface area contributed by atoms with Gasteiger partial charge in [0.15, 0.2) is 0 Å². The van der Waals surface area contributed by atoms with Gasteiger partial charge in [-0.1, -0.05) is 12.1 Å². The molecule has 3 aromatic rings. The van der Waals surface area contributed by atoms with Gasteiger partial charge < -0.3 is 14.2 Å². The fourth-order valence-electron chi connectivity index (χ4n) is 4.81. The molecule has 3 heterocycles. The lowest BCUT2D eigenvalue weighted by Gasteiger charge is -2.34. The van der Waals surface area contributed by atoms with Gasteiger partial charge >= 0.3 is 0 Å². The number of methoxy groups -OCH3 is 2. The predicted molar refractivity (Wildman–Crippen MR) is 125 cm³/mol. The van der Waals surface area contributed by atoms with Gasteiger partial charge in [-0.25, -0.2) is 0 Å². The maximum absolute atomic E-state index is 6.10. The Balaban J connectivity index is 1.47. The zero-order valence-corrected chi connectivity index (χ0v) is 19.1. The van der Waals surface area contributed by atoms with Crippen molar-refractivity contribution in [2.45, 2.75) is 45.6 Å². The lowest BCUT2D eigenvalue weighted by atomic mass is 9.88. The van der Waals surface area contributed by atoms with Crippen molar-refractivity contribution in [1.29, 1.82) is 0 Å². The van der Waals surface area contributed by atoms with E-state index < -0.39 is 0 Å². The molecule has 166 valence electrons. The van der Waals surface area contributed by atoms with E-state index in [1.165, 1.54) is 27.9 Å². The van der Waals surface area contributed by atoms with Gasteiger partial charge in [-0.2, -0.15) is 0 Å². The number of fused-ring (bicyclic) bond motifs is 3. The standard InChI is InChI=1S/C27H30N2O3/c1-18-14-23-25(17-32-18)24-16-29(15-19-4-8-21(30-2)9-5-19)13-12-26(24)28-27(23)20-6-10-22(31-3)11-7-20/h4-11,18H,12-17H2,1-3H3/t18-/m0/s1. The van der Waals surface area contributed by atoms with Crippen molar-refractivity contribution in [1.82, 2.24) is 9.88 Å². The first-order valence-electron chi connectivity index (χ1n) is 11.3. The zero-order chi connectivity index (χ0) is 22.1. The molecule has 1 atom stereocenters. The zero-order valence-electron chi connectivity index (χ0n) is 19.1. The van der Waals surface area contributed by atoms with Crippen molar-refractivity contribution in [3.8, 4) is 22.8 Å². The molecule has 1 aromatic heterocycles. The highest BCUT2D eigenvalue weighted by Crippen LogP contribution is 2.36. The highest BCUT2D eigenvalue weighted by atomic mass is 16.5. The third kappa shape index (κ3) is 4.10. The minimum absolute atomic E-state index is 0.207. The van der Waals surface area contributed by atoms with Crippen LogP contribution in [0.1, 0.15) is 34.9 Å². The first kappa shape index (κ1) is 21.0. The molecule has 0 saturated carbocycles. The highest BCUT2D eigenvalue weighted by molar-refractivity contribution is 5.67. The molecule has 2 aliphatic rings. The minimum atomic E-state index is 0.207. The van der Waals surface area contributed by atoms with Gasteiger partial charge in [0.05, 0.1) is 32.6 Å². The highest BCUT2D eigenvalue weighted by Gasteiger charge is 2.29. The third-order valence-electron chi connectivity index (χ3n) is 6.59. The second-order valence-corrected chi connectivity index (χ2v) is 8.71. The summed E-state index contributed by atoms with van der Waals surface area (Å²) in [6.45, 7) is 5.66. The summed E-state index contributed by atoms with van der Waals surface area (Å²) in [5.41, 5.74) is 8.84. The molecule has 0 N–H and O–H groups in total. The number of benzene rings is 2. The molecule has 2 aromatic carbocycles. The number of rotatable bonds is 5. The second-order valence-electron chi connectivity index (χ2n) is 8.71. The molecule has 0 unspecified atom stereocenters. The number of pyridine rings is 1. The summed E-state index contributed by atoms with van der Waals surface area (Å²) in [6, 6.07) is 16.6. The lowest BCUT2D eigenvalue weighted by molar-refractivity contribution is 0.0396. The summed E-state index contributed by atoms with van der Waals surface area (Å²) in [6.07, 6.45) is 2.06. The molecule has 0 aliphatic carbocycles. The van der Waals surface area contributed by atoms with Crippen LogP contribution in [-0.2, 0) is 37.3 Å². The molecule has 2 aliphatic heterocycles. The van der Waals surface area contributed by atoms with Crippen LogP contribution in [0.25, 0.3) is 11.3 Å². The first-order chi connectivity index (χ1) is 15.6. The van der Waals surface area contributed by atoms with Crippen molar-refractivity contribution in [2.75, 3.05) is 20.8 Å². The normalized spacial score (nSPS) is 18.0. The number of ether oxygens (including phenoxy) is 3. The maximum Gasteiger partial charge on any atom is 0.118 e. The fraction of sp³-hybridized carbons (Fsp3) is 0.370. The average molecular weight is 431 g/mol. The molecule has 32 heavy (non-hydrogen) atoms. The van der Waals surface area contributed by atoms with Crippen molar-refractivity contribution in [2.24, 2.45) is 0 Å². The van der Waals surface area contributed by atoms with Crippen LogP contribution in [0.2, 0.25) is 0 Å². The first-order valence-corrected chi connectivity index (χ1v) is 11.3. The Morgan fingerprint density at radius 2 is 1.62 bits per heavy atom. The van der Waals surface area contributed by atoms with E-state index >= 15 is 0 Å². The molecule has 5 heteroatoms. The molecule has 5 nitrogen and oxygen atoms in total. The van der Waals surface area contributed by atoms with Crippen LogP contribution in [0, 0.1) is 0 Å².